The van der Waals surface area contributed by atoms with Gasteiger partial charge >= 0.3 is 0 Å². The van der Waals surface area contributed by atoms with E-state index in [1.54, 1.807) is 31.3 Å². The zero-order valence-electron chi connectivity index (χ0n) is 15.1. The first-order valence-corrected chi connectivity index (χ1v) is 8.86. The molecule has 136 valence electrons. The van der Waals surface area contributed by atoms with E-state index in [-0.39, 0.29) is 17.9 Å². The summed E-state index contributed by atoms with van der Waals surface area (Å²) in [5.74, 6) is -0.246. The third-order valence-electron chi connectivity index (χ3n) is 4.78. The second kappa shape index (κ2) is 8.10. The number of hydrogen-bond acceptors (Lipinski definition) is 4. The first kappa shape index (κ1) is 18.1. The van der Waals surface area contributed by atoms with Crippen molar-refractivity contribution in [3.63, 3.8) is 0 Å². The highest BCUT2D eigenvalue weighted by Gasteiger charge is 2.32. The minimum atomic E-state index is -0.535. The van der Waals surface area contributed by atoms with Crippen LogP contribution in [0.2, 0.25) is 0 Å². The molecule has 0 spiro atoms. The van der Waals surface area contributed by atoms with Crippen molar-refractivity contribution >= 4 is 17.5 Å². The predicted molar refractivity (Wildman–Crippen MR) is 101 cm³/mol. The van der Waals surface area contributed by atoms with Crippen LogP contribution in [0.25, 0.3) is 0 Å². The fourth-order valence-electron chi connectivity index (χ4n) is 3.11. The lowest BCUT2D eigenvalue weighted by molar-refractivity contribution is -0.128. The number of carbonyl (C=O) groups is 2. The van der Waals surface area contributed by atoms with Crippen molar-refractivity contribution in [2.45, 2.75) is 38.4 Å². The summed E-state index contributed by atoms with van der Waals surface area (Å²) < 4.78 is 0. The second-order valence-corrected chi connectivity index (χ2v) is 6.52. The zero-order chi connectivity index (χ0) is 18.5. The van der Waals surface area contributed by atoms with Crippen molar-refractivity contribution in [2.75, 3.05) is 11.9 Å². The molecule has 1 aromatic heterocycles. The third kappa shape index (κ3) is 3.91. The Morgan fingerprint density at radius 2 is 2.00 bits per heavy atom. The van der Waals surface area contributed by atoms with Gasteiger partial charge in [-0.3, -0.25) is 14.6 Å². The molecule has 2 N–H and O–H groups in total. The number of likely N-dealkylation sites (N-methyl/N-ethyl adjacent to an activating group) is 1. The first-order chi connectivity index (χ1) is 12.6. The average molecular weight is 352 g/mol. The van der Waals surface area contributed by atoms with Crippen LogP contribution in [0.1, 0.15) is 24.5 Å². The molecule has 2 aromatic rings. The van der Waals surface area contributed by atoms with Gasteiger partial charge in [0.1, 0.15) is 6.04 Å². The second-order valence-electron chi connectivity index (χ2n) is 6.52. The number of para-hydroxylation sites is 1. The lowest BCUT2D eigenvalue weighted by Crippen LogP contribution is -2.52. The maximum absolute atomic E-state index is 13.2. The molecule has 2 heterocycles. The molecule has 1 aliphatic rings. The topological polar surface area (TPSA) is 74.3 Å². The van der Waals surface area contributed by atoms with Crippen LogP contribution < -0.4 is 15.5 Å². The van der Waals surface area contributed by atoms with E-state index in [1.807, 2.05) is 36.4 Å². The van der Waals surface area contributed by atoms with Crippen LogP contribution in [0, 0.1) is 0 Å². The largest absolute Gasteiger partial charge is 0.343 e. The standard InChI is InChI=1S/C20H24N4O2/c1-14(21-2)19(25)23-17-8-7-16-5-3-4-6-18(16)24(20(17)26)13-15-9-11-22-12-10-15/h3-6,9-12,14,17,21H,7-8,13H2,1-2H3,(H,23,25)/t14?,17-/m0/s1. The zero-order valence-corrected chi connectivity index (χ0v) is 15.1. The summed E-state index contributed by atoms with van der Waals surface area (Å²) in [7, 11) is 1.73. The number of rotatable bonds is 5. The van der Waals surface area contributed by atoms with Crippen LogP contribution in [-0.2, 0) is 22.6 Å². The van der Waals surface area contributed by atoms with Crippen LogP contribution in [0.15, 0.2) is 48.8 Å². The maximum Gasteiger partial charge on any atom is 0.249 e. The van der Waals surface area contributed by atoms with Crippen molar-refractivity contribution in [1.82, 2.24) is 15.6 Å². The van der Waals surface area contributed by atoms with Gasteiger partial charge in [0, 0.05) is 18.1 Å². The van der Waals surface area contributed by atoms with E-state index < -0.39 is 6.04 Å². The Kier molecular flexibility index (Phi) is 5.63. The van der Waals surface area contributed by atoms with Crippen molar-refractivity contribution in [3.05, 3.63) is 59.9 Å². The minimum Gasteiger partial charge on any atom is -0.343 e. The first-order valence-electron chi connectivity index (χ1n) is 8.86. The summed E-state index contributed by atoms with van der Waals surface area (Å²) >= 11 is 0. The average Bonchev–Trinajstić information content (AvgIpc) is 2.80. The minimum absolute atomic E-state index is 0.0802. The maximum atomic E-state index is 13.2. The number of nitrogens with zero attached hydrogens (tertiary/aromatic N) is 2. The van der Waals surface area contributed by atoms with E-state index in [9.17, 15) is 9.59 Å². The van der Waals surface area contributed by atoms with Gasteiger partial charge in [0.2, 0.25) is 11.8 Å². The molecular weight excluding hydrogens is 328 g/mol. The molecule has 0 radical (unpaired) electrons. The van der Waals surface area contributed by atoms with Gasteiger partial charge in [-0.25, -0.2) is 0 Å². The van der Waals surface area contributed by atoms with Crippen molar-refractivity contribution in [2.24, 2.45) is 0 Å². The van der Waals surface area contributed by atoms with Crippen molar-refractivity contribution in [3.8, 4) is 0 Å². The highest BCUT2D eigenvalue weighted by Crippen LogP contribution is 2.28. The molecule has 0 saturated heterocycles. The number of carbonyl (C=O) groups excluding carboxylic acids is 2. The Hall–Kier alpha value is -2.73. The Labute approximate surface area is 153 Å². The normalized spacial score (nSPS) is 18.0. The number of amides is 2. The fraction of sp³-hybridized carbons (Fsp3) is 0.350. The summed E-state index contributed by atoms with van der Waals surface area (Å²) in [5.41, 5.74) is 3.03. The van der Waals surface area contributed by atoms with Crippen LogP contribution in [0.4, 0.5) is 5.69 Å². The van der Waals surface area contributed by atoms with Gasteiger partial charge in [0.25, 0.3) is 0 Å². The molecule has 0 aliphatic carbocycles. The van der Waals surface area contributed by atoms with Crippen LogP contribution in [0.5, 0.6) is 0 Å². The Bertz CT molecular complexity index is 778. The van der Waals surface area contributed by atoms with Gasteiger partial charge in [0.05, 0.1) is 12.6 Å². The number of fused-ring (bicyclic) bond motifs is 1. The highest BCUT2D eigenvalue weighted by atomic mass is 16.2. The van der Waals surface area contributed by atoms with Gasteiger partial charge < -0.3 is 15.5 Å². The van der Waals surface area contributed by atoms with Gasteiger partial charge in [-0.15, -0.1) is 0 Å². The van der Waals surface area contributed by atoms with Gasteiger partial charge in [-0.05, 0) is 56.1 Å². The van der Waals surface area contributed by atoms with E-state index in [4.69, 9.17) is 0 Å². The summed E-state index contributed by atoms with van der Waals surface area (Å²) in [6.07, 6.45) is 4.77. The monoisotopic (exact) mass is 352 g/mol. The summed E-state index contributed by atoms with van der Waals surface area (Å²) in [5, 5.41) is 5.81. The van der Waals surface area contributed by atoms with Gasteiger partial charge in [-0.2, -0.15) is 0 Å². The van der Waals surface area contributed by atoms with E-state index in [1.165, 1.54) is 0 Å². The molecule has 26 heavy (non-hydrogen) atoms. The molecule has 2 atom stereocenters. The molecule has 6 nitrogen and oxygen atoms in total. The number of aryl methyl sites for hydroxylation is 1. The molecule has 2 amide bonds. The molecule has 1 aromatic carbocycles. The molecule has 6 heteroatoms. The van der Waals surface area contributed by atoms with Crippen LogP contribution in [-0.4, -0.2) is 35.9 Å². The van der Waals surface area contributed by atoms with Gasteiger partial charge in [0.15, 0.2) is 0 Å². The molecule has 3 rings (SSSR count). The molecular formula is C20H24N4O2. The lowest BCUT2D eigenvalue weighted by Gasteiger charge is -2.27. The number of anilines is 1. The summed E-state index contributed by atoms with van der Waals surface area (Å²) in [6.45, 7) is 2.23. The van der Waals surface area contributed by atoms with Crippen LogP contribution in [0.3, 0.4) is 0 Å². The highest BCUT2D eigenvalue weighted by molar-refractivity contribution is 6.00. The van der Waals surface area contributed by atoms with Crippen molar-refractivity contribution < 1.29 is 9.59 Å². The SMILES string of the molecule is CNC(C)C(=O)N[C@H]1CCc2ccccc2N(Cc2ccncc2)C1=O. The smallest absolute Gasteiger partial charge is 0.249 e. The van der Waals surface area contributed by atoms with E-state index >= 15 is 0 Å². The lowest BCUT2D eigenvalue weighted by atomic mass is 10.1. The van der Waals surface area contributed by atoms with E-state index in [2.05, 4.69) is 15.6 Å². The Balaban J connectivity index is 1.89. The molecule has 1 aliphatic heterocycles. The Morgan fingerprint density at radius 3 is 2.73 bits per heavy atom. The predicted octanol–water partition coefficient (Wildman–Crippen LogP) is 1.65. The summed E-state index contributed by atoms with van der Waals surface area (Å²) in [6, 6.07) is 10.9. The molecule has 0 bridgehead atoms. The molecule has 0 fully saturated rings. The number of hydrogen-bond donors (Lipinski definition) is 2. The van der Waals surface area contributed by atoms with E-state index in [0.29, 0.717) is 13.0 Å². The third-order valence-corrected chi connectivity index (χ3v) is 4.78. The number of nitrogens with one attached hydrogen (secondary N) is 2. The van der Waals surface area contributed by atoms with Gasteiger partial charge in [-0.1, -0.05) is 18.2 Å². The summed E-state index contributed by atoms with van der Waals surface area (Å²) in [4.78, 5) is 31.3. The fourth-order valence-corrected chi connectivity index (χ4v) is 3.11. The quantitative estimate of drug-likeness (QED) is 0.858. The van der Waals surface area contributed by atoms with E-state index in [0.717, 1.165) is 23.2 Å². The molecule has 0 saturated carbocycles. The molecule has 1 unspecified atom stereocenters. The number of aromatic nitrogens is 1. The van der Waals surface area contributed by atoms with Crippen LogP contribution >= 0.6 is 0 Å². The number of pyridine rings is 1. The Morgan fingerprint density at radius 1 is 1.27 bits per heavy atom. The number of benzene rings is 1. The van der Waals surface area contributed by atoms with Crippen molar-refractivity contribution in [1.29, 1.82) is 0 Å².